The van der Waals surface area contributed by atoms with E-state index in [-0.39, 0.29) is 12.5 Å². The van der Waals surface area contributed by atoms with Crippen LogP contribution in [0.5, 0.6) is 0 Å². The minimum absolute atomic E-state index is 0.218. The molecule has 0 aliphatic heterocycles. The van der Waals surface area contributed by atoms with Gasteiger partial charge in [-0.15, -0.1) is 0 Å². The van der Waals surface area contributed by atoms with Crippen molar-refractivity contribution >= 4 is 5.91 Å². The highest BCUT2D eigenvalue weighted by atomic mass is 16.5. The highest BCUT2D eigenvalue weighted by Crippen LogP contribution is 2.14. The number of nitrogens with one attached hydrogen (secondary N) is 1. The number of aryl methyl sites for hydroxylation is 2. The van der Waals surface area contributed by atoms with Gasteiger partial charge in [-0.1, -0.05) is 19.0 Å². The van der Waals surface area contributed by atoms with E-state index in [0.29, 0.717) is 29.9 Å². The molecule has 1 atom stereocenters. The number of nitrogens with zero attached hydrogens (tertiary/aromatic N) is 1. The predicted molar refractivity (Wildman–Crippen MR) is 63.9 cm³/mol. The second kappa shape index (κ2) is 5.31. The fraction of sp³-hybridized carbons (Fsp3) is 0.667. The van der Waals surface area contributed by atoms with Crippen LogP contribution in [0.2, 0.25) is 0 Å². The van der Waals surface area contributed by atoms with Gasteiger partial charge in [-0.2, -0.15) is 0 Å². The number of rotatable bonds is 5. The zero-order valence-corrected chi connectivity index (χ0v) is 10.8. The van der Waals surface area contributed by atoms with Crippen LogP contribution < -0.4 is 5.32 Å². The molecule has 0 aliphatic rings. The van der Waals surface area contributed by atoms with Gasteiger partial charge in [0.25, 0.3) is 5.91 Å². The topological polar surface area (TPSA) is 75.4 Å². The lowest BCUT2D eigenvalue weighted by atomic mass is 10.0. The smallest absolute Gasteiger partial charge is 0.256 e. The number of carbonyl (C=O) groups excluding carboxylic acids is 1. The maximum Gasteiger partial charge on any atom is 0.256 e. The molecule has 1 aromatic rings. The molecule has 2 N–H and O–H groups in total. The molecule has 5 heteroatoms. The van der Waals surface area contributed by atoms with E-state index < -0.39 is 5.60 Å². The maximum absolute atomic E-state index is 11.9. The molecule has 1 amide bonds. The molecule has 96 valence electrons. The minimum Gasteiger partial charge on any atom is -0.388 e. The molecule has 1 rings (SSSR count). The number of aliphatic hydroxyl groups is 1. The van der Waals surface area contributed by atoms with Crippen molar-refractivity contribution in [3.05, 3.63) is 17.0 Å². The zero-order valence-electron chi connectivity index (χ0n) is 10.8. The quantitative estimate of drug-likeness (QED) is 0.816. The Morgan fingerprint density at radius 3 is 2.71 bits per heavy atom. The lowest BCUT2D eigenvalue weighted by molar-refractivity contribution is 0.0517. The molecule has 0 aromatic carbocycles. The Labute approximate surface area is 101 Å². The van der Waals surface area contributed by atoms with E-state index >= 15 is 0 Å². The fourth-order valence-corrected chi connectivity index (χ4v) is 1.43. The van der Waals surface area contributed by atoms with E-state index in [9.17, 15) is 9.90 Å². The van der Waals surface area contributed by atoms with Crippen LogP contribution in [0.4, 0.5) is 0 Å². The second-order valence-electron chi connectivity index (χ2n) is 4.45. The van der Waals surface area contributed by atoms with Gasteiger partial charge in [-0.3, -0.25) is 4.79 Å². The number of amides is 1. The Bertz CT molecular complexity index is 396. The van der Waals surface area contributed by atoms with Crippen molar-refractivity contribution in [1.29, 1.82) is 0 Å². The lowest BCUT2D eigenvalue weighted by Crippen LogP contribution is -2.40. The summed E-state index contributed by atoms with van der Waals surface area (Å²) < 4.78 is 4.99. The van der Waals surface area contributed by atoms with Crippen molar-refractivity contribution < 1.29 is 14.4 Å². The van der Waals surface area contributed by atoms with E-state index in [4.69, 9.17) is 4.52 Å². The molecular formula is C12H20N2O3. The third kappa shape index (κ3) is 3.30. The maximum atomic E-state index is 11.9. The molecule has 0 saturated carbocycles. The number of carbonyl (C=O) groups is 1. The first kappa shape index (κ1) is 13.7. The lowest BCUT2D eigenvalue weighted by Gasteiger charge is -2.21. The van der Waals surface area contributed by atoms with Crippen molar-refractivity contribution in [2.75, 3.05) is 6.54 Å². The molecule has 0 radical (unpaired) electrons. The molecule has 0 aliphatic carbocycles. The Morgan fingerprint density at radius 1 is 1.53 bits per heavy atom. The summed E-state index contributed by atoms with van der Waals surface area (Å²) in [5, 5.41) is 16.3. The predicted octanol–water partition coefficient (Wildman–Crippen LogP) is 1.44. The largest absolute Gasteiger partial charge is 0.388 e. The highest BCUT2D eigenvalue weighted by Gasteiger charge is 2.23. The molecule has 0 spiro atoms. The normalized spacial score (nSPS) is 14.4. The Balaban J connectivity index is 2.73. The van der Waals surface area contributed by atoms with Crippen LogP contribution in [-0.2, 0) is 6.42 Å². The Kier molecular flexibility index (Phi) is 4.28. The summed E-state index contributed by atoms with van der Waals surface area (Å²) >= 11 is 0. The van der Waals surface area contributed by atoms with Crippen LogP contribution in [0.3, 0.4) is 0 Å². The standard InChI is InChI=1S/C12H20N2O3/c1-5-9-10(8(3)17-14-9)11(15)13-7-12(4,16)6-2/h16H,5-7H2,1-4H3,(H,13,15). The van der Waals surface area contributed by atoms with Gasteiger partial charge in [-0.25, -0.2) is 0 Å². The highest BCUT2D eigenvalue weighted by molar-refractivity contribution is 5.96. The summed E-state index contributed by atoms with van der Waals surface area (Å²) in [6.45, 7) is 7.40. The summed E-state index contributed by atoms with van der Waals surface area (Å²) in [4.78, 5) is 11.9. The molecule has 0 bridgehead atoms. The first-order valence-corrected chi connectivity index (χ1v) is 5.87. The monoisotopic (exact) mass is 240 g/mol. The Morgan fingerprint density at radius 2 is 2.18 bits per heavy atom. The van der Waals surface area contributed by atoms with E-state index in [2.05, 4.69) is 10.5 Å². The summed E-state index contributed by atoms with van der Waals surface area (Å²) in [6, 6.07) is 0. The van der Waals surface area contributed by atoms with Crippen molar-refractivity contribution in [1.82, 2.24) is 10.5 Å². The first-order chi connectivity index (χ1) is 7.91. The van der Waals surface area contributed by atoms with Crippen molar-refractivity contribution in [3.8, 4) is 0 Å². The van der Waals surface area contributed by atoms with Gasteiger partial charge in [0, 0.05) is 6.54 Å². The minimum atomic E-state index is -0.882. The third-order valence-corrected chi connectivity index (χ3v) is 2.89. The molecular weight excluding hydrogens is 220 g/mol. The molecule has 1 aromatic heterocycles. The van der Waals surface area contributed by atoms with Gasteiger partial charge in [0.1, 0.15) is 11.3 Å². The van der Waals surface area contributed by atoms with Gasteiger partial charge in [0.2, 0.25) is 0 Å². The van der Waals surface area contributed by atoms with Crippen molar-refractivity contribution in [2.24, 2.45) is 0 Å². The van der Waals surface area contributed by atoms with Gasteiger partial charge in [0.05, 0.1) is 11.3 Å². The van der Waals surface area contributed by atoms with Gasteiger partial charge in [-0.05, 0) is 26.7 Å². The third-order valence-electron chi connectivity index (χ3n) is 2.89. The number of aromatic nitrogens is 1. The summed E-state index contributed by atoms with van der Waals surface area (Å²) in [7, 11) is 0. The van der Waals surface area contributed by atoms with E-state index in [1.54, 1.807) is 13.8 Å². The number of hydrogen-bond acceptors (Lipinski definition) is 4. The molecule has 0 saturated heterocycles. The Hall–Kier alpha value is -1.36. The summed E-state index contributed by atoms with van der Waals surface area (Å²) in [5.74, 6) is 0.268. The molecule has 17 heavy (non-hydrogen) atoms. The van der Waals surface area contributed by atoms with Gasteiger partial charge < -0.3 is 14.9 Å². The van der Waals surface area contributed by atoms with Gasteiger partial charge in [0.15, 0.2) is 0 Å². The first-order valence-electron chi connectivity index (χ1n) is 5.87. The van der Waals surface area contributed by atoms with Crippen LogP contribution in [0, 0.1) is 6.92 Å². The number of hydrogen-bond donors (Lipinski definition) is 2. The average Bonchev–Trinajstić information content (AvgIpc) is 2.67. The van der Waals surface area contributed by atoms with Crippen LogP contribution in [0.1, 0.15) is 49.0 Å². The van der Waals surface area contributed by atoms with Gasteiger partial charge >= 0.3 is 0 Å². The second-order valence-corrected chi connectivity index (χ2v) is 4.45. The fourth-order valence-electron chi connectivity index (χ4n) is 1.43. The van der Waals surface area contributed by atoms with E-state index in [1.807, 2.05) is 13.8 Å². The van der Waals surface area contributed by atoms with E-state index in [1.165, 1.54) is 0 Å². The zero-order chi connectivity index (χ0) is 13.1. The van der Waals surface area contributed by atoms with Crippen molar-refractivity contribution in [3.63, 3.8) is 0 Å². The van der Waals surface area contributed by atoms with E-state index in [0.717, 1.165) is 0 Å². The van der Waals surface area contributed by atoms with Crippen LogP contribution >= 0.6 is 0 Å². The summed E-state index contributed by atoms with van der Waals surface area (Å²) in [5.41, 5.74) is 0.253. The van der Waals surface area contributed by atoms with Crippen LogP contribution in [0.25, 0.3) is 0 Å². The molecule has 1 heterocycles. The van der Waals surface area contributed by atoms with Crippen LogP contribution in [0.15, 0.2) is 4.52 Å². The molecule has 1 unspecified atom stereocenters. The van der Waals surface area contributed by atoms with Crippen LogP contribution in [-0.4, -0.2) is 28.3 Å². The molecule has 0 fully saturated rings. The SMILES string of the molecule is CCc1noc(C)c1C(=O)NCC(C)(O)CC. The molecule has 5 nitrogen and oxygen atoms in total. The summed E-state index contributed by atoms with van der Waals surface area (Å²) in [6.07, 6.45) is 1.22. The average molecular weight is 240 g/mol. The van der Waals surface area contributed by atoms with Crippen molar-refractivity contribution in [2.45, 2.75) is 46.1 Å².